The van der Waals surface area contributed by atoms with Crippen molar-refractivity contribution in [1.29, 1.82) is 0 Å². The molecule has 0 aromatic heterocycles. The van der Waals surface area contributed by atoms with Gasteiger partial charge in [-0.1, -0.05) is 6.07 Å². The molecule has 0 aliphatic carbocycles. The van der Waals surface area contributed by atoms with Crippen LogP contribution in [-0.4, -0.2) is 11.0 Å². The van der Waals surface area contributed by atoms with Gasteiger partial charge in [-0.05, 0) is 18.2 Å². The molecule has 0 unspecified atom stereocenters. The van der Waals surface area contributed by atoms with Crippen LogP contribution in [0.5, 0.6) is 5.75 Å². The predicted octanol–water partition coefficient (Wildman–Crippen LogP) is 2.64. The zero-order chi connectivity index (χ0) is 14.9. The van der Waals surface area contributed by atoms with Crippen molar-refractivity contribution in [2.24, 2.45) is 0 Å². The largest absolute Gasteiger partial charge is 0.507 e. The predicted molar refractivity (Wildman–Crippen MR) is 66.8 cm³/mol. The smallest absolute Gasteiger partial charge is 0.262 e. The van der Waals surface area contributed by atoms with Gasteiger partial charge < -0.3 is 16.2 Å². The second-order valence-corrected chi connectivity index (χ2v) is 3.94. The highest BCUT2D eigenvalue weighted by atomic mass is 19.1. The summed E-state index contributed by atoms with van der Waals surface area (Å²) >= 11 is 0. The van der Waals surface area contributed by atoms with Gasteiger partial charge >= 0.3 is 0 Å². The molecule has 0 heterocycles. The van der Waals surface area contributed by atoms with Crippen LogP contribution in [0.25, 0.3) is 0 Å². The van der Waals surface area contributed by atoms with Crippen LogP contribution in [0.1, 0.15) is 10.4 Å². The Morgan fingerprint density at radius 2 is 1.80 bits per heavy atom. The van der Waals surface area contributed by atoms with E-state index in [0.717, 1.165) is 18.2 Å². The monoisotopic (exact) mass is 282 g/mol. The second-order valence-electron chi connectivity index (χ2n) is 3.94. The van der Waals surface area contributed by atoms with Crippen LogP contribution in [-0.2, 0) is 0 Å². The lowest BCUT2D eigenvalue weighted by Gasteiger charge is -2.09. The molecule has 0 saturated carbocycles. The maximum Gasteiger partial charge on any atom is 0.262 e. The molecule has 0 saturated heterocycles. The van der Waals surface area contributed by atoms with Gasteiger partial charge in [0.1, 0.15) is 28.8 Å². The molecule has 20 heavy (non-hydrogen) atoms. The van der Waals surface area contributed by atoms with Gasteiger partial charge in [-0.3, -0.25) is 4.79 Å². The molecule has 0 aliphatic rings. The number of rotatable bonds is 2. The van der Waals surface area contributed by atoms with E-state index in [1.165, 1.54) is 6.07 Å². The normalized spacial score (nSPS) is 10.3. The summed E-state index contributed by atoms with van der Waals surface area (Å²) < 4.78 is 39.9. The molecule has 104 valence electrons. The number of hydrogen-bond donors (Lipinski definition) is 3. The molecular weight excluding hydrogens is 273 g/mol. The van der Waals surface area contributed by atoms with Crippen LogP contribution in [0.15, 0.2) is 30.3 Å². The second kappa shape index (κ2) is 5.12. The Bertz CT molecular complexity index is 669. The van der Waals surface area contributed by atoms with E-state index in [0.29, 0.717) is 6.07 Å². The Morgan fingerprint density at radius 3 is 2.45 bits per heavy atom. The number of amides is 1. The molecule has 2 rings (SSSR count). The van der Waals surface area contributed by atoms with E-state index >= 15 is 0 Å². The van der Waals surface area contributed by atoms with Crippen molar-refractivity contribution in [3.05, 3.63) is 53.3 Å². The van der Waals surface area contributed by atoms with Gasteiger partial charge in [0, 0.05) is 6.07 Å². The number of aromatic hydroxyl groups is 1. The third-order valence-corrected chi connectivity index (χ3v) is 2.55. The Hall–Kier alpha value is -2.70. The highest BCUT2D eigenvalue weighted by Gasteiger charge is 2.18. The number of anilines is 2. The number of nitrogen functional groups attached to an aromatic ring is 1. The summed E-state index contributed by atoms with van der Waals surface area (Å²) in [5, 5.41) is 11.4. The van der Waals surface area contributed by atoms with E-state index in [1.54, 1.807) is 0 Å². The average Bonchev–Trinajstić information content (AvgIpc) is 2.35. The fourth-order valence-corrected chi connectivity index (χ4v) is 1.58. The van der Waals surface area contributed by atoms with Crippen molar-refractivity contribution in [2.45, 2.75) is 0 Å². The van der Waals surface area contributed by atoms with E-state index in [9.17, 15) is 23.1 Å². The van der Waals surface area contributed by atoms with Crippen LogP contribution in [0.3, 0.4) is 0 Å². The van der Waals surface area contributed by atoms with Crippen LogP contribution in [0.2, 0.25) is 0 Å². The lowest BCUT2D eigenvalue weighted by atomic mass is 10.1. The number of benzene rings is 2. The number of phenols is 1. The fourth-order valence-electron chi connectivity index (χ4n) is 1.58. The van der Waals surface area contributed by atoms with Crippen molar-refractivity contribution < 1.29 is 23.1 Å². The number of nitrogens with two attached hydrogens (primary N) is 1. The minimum absolute atomic E-state index is 0.376. The molecule has 2 aromatic rings. The summed E-state index contributed by atoms with van der Waals surface area (Å²) in [4.78, 5) is 11.8. The summed E-state index contributed by atoms with van der Waals surface area (Å²) in [6, 6.07) is 4.63. The first-order valence-electron chi connectivity index (χ1n) is 5.43. The van der Waals surface area contributed by atoms with Gasteiger partial charge in [-0.15, -0.1) is 0 Å². The SMILES string of the molecule is Nc1cc(NC(=O)c2c(O)cccc2F)c(F)cc1F. The Kier molecular flexibility index (Phi) is 3.51. The van der Waals surface area contributed by atoms with Crippen molar-refractivity contribution in [2.75, 3.05) is 11.1 Å². The van der Waals surface area contributed by atoms with Crippen molar-refractivity contribution in [1.82, 2.24) is 0 Å². The van der Waals surface area contributed by atoms with Gasteiger partial charge in [-0.2, -0.15) is 0 Å². The summed E-state index contributed by atoms with van der Waals surface area (Å²) in [7, 11) is 0. The molecule has 0 fully saturated rings. The van der Waals surface area contributed by atoms with Gasteiger partial charge in [0.05, 0.1) is 11.4 Å². The Balaban J connectivity index is 2.35. The topological polar surface area (TPSA) is 75.3 Å². The van der Waals surface area contributed by atoms with E-state index in [-0.39, 0.29) is 5.69 Å². The number of phenolic OH excluding ortho intramolecular Hbond substituents is 1. The van der Waals surface area contributed by atoms with Gasteiger partial charge in [0.2, 0.25) is 0 Å². The summed E-state index contributed by atoms with van der Waals surface area (Å²) in [5.74, 6) is -4.70. The third-order valence-electron chi connectivity index (χ3n) is 2.55. The van der Waals surface area contributed by atoms with E-state index in [1.807, 2.05) is 5.32 Å². The molecule has 4 N–H and O–H groups in total. The molecular formula is C13H9F3N2O2. The number of nitrogens with one attached hydrogen (secondary N) is 1. The van der Waals surface area contributed by atoms with Crippen LogP contribution in [0, 0.1) is 17.5 Å². The Morgan fingerprint density at radius 1 is 1.10 bits per heavy atom. The van der Waals surface area contributed by atoms with E-state index in [4.69, 9.17) is 5.73 Å². The van der Waals surface area contributed by atoms with Crippen molar-refractivity contribution in [3.63, 3.8) is 0 Å². The maximum absolute atomic E-state index is 13.4. The van der Waals surface area contributed by atoms with Crippen LogP contribution >= 0.6 is 0 Å². The van der Waals surface area contributed by atoms with Gasteiger partial charge in [0.25, 0.3) is 5.91 Å². The molecule has 0 spiro atoms. The summed E-state index contributed by atoms with van der Waals surface area (Å²) in [6.45, 7) is 0. The lowest BCUT2D eigenvalue weighted by molar-refractivity contribution is 0.102. The highest BCUT2D eigenvalue weighted by Crippen LogP contribution is 2.24. The first-order valence-corrected chi connectivity index (χ1v) is 5.43. The molecule has 0 aliphatic heterocycles. The number of carbonyl (C=O) groups is 1. The minimum Gasteiger partial charge on any atom is -0.507 e. The zero-order valence-corrected chi connectivity index (χ0v) is 9.95. The summed E-state index contributed by atoms with van der Waals surface area (Å²) in [5.41, 5.74) is 3.81. The first kappa shape index (κ1) is 13.7. The standard InChI is InChI=1S/C13H9F3N2O2/c14-6-2-1-3-11(19)12(6)13(20)18-10-5-9(17)7(15)4-8(10)16/h1-5,19H,17H2,(H,18,20). The number of hydrogen-bond acceptors (Lipinski definition) is 3. The zero-order valence-electron chi connectivity index (χ0n) is 9.95. The number of halogens is 3. The molecule has 0 bridgehead atoms. The van der Waals surface area contributed by atoms with Gasteiger partial charge in [-0.25, -0.2) is 13.2 Å². The van der Waals surface area contributed by atoms with E-state index < -0.39 is 40.4 Å². The van der Waals surface area contributed by atoms with Gasteiger partial charge in [0.15, 0.2) is 0 Å². The average molecular weight is 282 g/mol. The fraction of sp³-hybridized carbons (Fsp3) is 0. The maximum atomic E-state index is 13.4. The molecule has 2 aromatic carbocycles. The lowest BCUT2D eigenvalue weighted by Crippen LogP contribution is -2.15. The van der Waals surface area contributed by atoms with Crippen molar-refractivity contribution in [3.8, 4) is 5.75 Å². The molecule has 4 nitrogen and oxygen atoms in total. The number of carbonyl (C=O) groups excluding carboxylic acids is 1. The molecule has 7 heteroatoms. The molecule has 0 radical (unpaired) electrons. The quantitative estimate of drug-likeness (QED) is 0.741. The van der Waals surface area contributed by atoms with Crippen LogP contribution < -0.4 is 11.1 Å². The minimum atomic E-state index is -1.08. The molecule has 1 amide bonds. The highest BCUT2D eigenvalue weighted by molar-refractivity contribution is 6.06. The summed E-state index contributed by atoms with van der Waals surface area (Å²) in [6.07, 6.45) is 0. The third kappa shape index (κ3) is 2.51. The van der Waals surface area contributed by atoms with Crippen molar-refractivity contribution >= 4 is 17.3 Å². The first-order chi connectivity index (χ1) is 9.40. The molecule has 0 atom stereocenters. The van der Waals surface area contributed by atoms with E-state index in [2.05, 4.69) is 0 Å². The van der Waals surface area contributed by atoms with Crippen LogP contribution in [0.4, 0.5) is 24.5 Å². The Labute approximate surface area is 111 Å².